The smallest absolute Gasteiger partial charge is 0.103 e. The van der Waals surface area contributed by atoms with E-state index in [2.05, 4.69) is 60.3 Å². The van der Waals surface area contributed by atoms with Crippen LogP contribution >= 0.6 is 11.8 Å². The first-order chi connectivity index (χ1) is 10.1. The lowest BCUT2D eigenvalue weighted by atomic mass is 10.1. The van der Waals surface area contributed by atoms with E-state index < -0.39 is 0 Å². The molecule has 2 aromatic rings. The van der Waals surface area contributed by atoms with E-state index in [0.717, 1.165) is 28.7 Å². The second-order valence-corrected chi connectivity index (χ2v) is 6.37. The zero-order valence-electron chi connectivity index (χ0n) is 13.2. The first-order valence-corrected chi connectivity index (χ1v) is 8.22. The molecular formula is C17H23N3S. The largest absolute Gasteiger partial charge is 0.310 e. The Bertz CT molecular complexity index is 578. The Balaban J connectivity index is 2.13. The average Bonchev–Trinajstić information content (AvgIpc) is 2.44. The predicted molar refractivity (Wildman–Crippen MR) is 88.8 cm³/mol. The van der Waals surface area contributed by atoms with Crippen LogP contribution in [0.1, 0.15) is 43.1 Å². The monoisotopic (exact) mass is 301 g/mol. The van der Waals surface area contributed by atoms with Gasteiger partial charge in [0.25, 0.3) is 0 Å². The van der Waals surface area contributed by atoms with Crippen LogP contribution in [0, 0.1) is 13.8 Å². The molecule has 0 aliphatic rings. The van der Waals surface area contributed by atoms with Crippen LogP contribution in [0.3, 0.4) is 0 Å². The summed E-state index contributed by atoms with van der Waals surface area (Å²) in [6, 6.07) is 8.76. The summed E-state index contributed by atoms with van der Waals surface area (Å²) in [5, 5.41) is 5.51. The molecule has 0 amide bonds. The fraction of sp³-hybridized carbons (Fsp3) is 0.412. The van der Waals surface area contributed by atoms with E-state index in [4.69, 9.17) is 0 Å². The molecule has 0 radical (unpaired) electrons. The van der Waals surface area contributed by atoms with Gasteiger partial charge in [-0.05, 0) is 69.1 Å². The van der Waals surface area contributed by atoms with E-state index in [9.17, 15) is 0 Å². The standard InChI is InChI=1S/C17H23N3S/c1-5-7-18-14(4)15-6-8-19-16(11-15)21-17-10-12(2)9-13(3)20-17/h6,8-11,14,18H,5,7H2,1-4H3. The van der Waals surface area contributed by atoms with Gasteiger partial charge in [-0.3, -0.25) is 0 Å². The summed E-state index contributed by atoms with van der Waals surface area (Å²) in [5.41, 5.74) is 3.55. The Labute approximate surface area is 131 Å². The van der Waals surface area contributed by atoms with Crippen LogP contribution in [0.25, 0.3) is 0 Å². The summed E-state index contributed by atoms with van der Waals surface area (Å²) in [6.07, 6.45) is 3.02. The molecule has 1 atom stereocenters. The molecule has 4 heteroatoms. The highest BCUT2D eigenvalue weighted by molar-refractivity contribution is 7.99. The molecule has 0 aromatic carbocycles. The molecule has 2 heterocycles. The lowest BCUT2D eigenvalue weighted by Gasteiger charge is -2.14. The van der Waals surface area contributed by atoms with Crippen molar-refractivity contribution < 1.29 is 0 Å². The number of pyridine rings is 2. The fourth-order valence-electron chi connectivity index (χ4n) is 2.19. The topological polar surface area (TPSA) is 37.8 Å². The van der Waals surface area contributed by atoms with Gasteiger partial charge in [0.05, 0.1) is 0 Å². The summed E-state index contributed by atoms with van der Waals surface area (Å²) in [7, 11) is 0. The number of aryl methyl sites for hydroxylation is 2. The zero-order valence-corrected chi connectivity index (χ0v) is 14.0. The molecule has 0 bridgehead atoms. The van der Waals surface area contributed by atoms with Crippen molar-refractivity contribution in [1.29, 1.82) is 0 Å². The minimum atomic E-state index is 0.347. The second kappa shape index (κ2) is 7.57. The van der Waals surface area contributed by atoms with E-state index in [1.165, 1.54) is 11.1 Å². The number of aromatic nitrogens is 2. The molecule has 0 saturated carbocycles. The fourth-order valence-corrected chi connectivity index (χ4v) is 3.15. The maximum Gasteiger partial charge on any atom is 0.103 e. The van der Waals surface area contributed by atoms with Gasteiger partial charge in [0.1, 0.15) is 10.1 Å². The van der Waals surface area contributed by atoms with Crippen LogP contribution in [-0.4, -0.2) is 16.5 Å². The van der Waals surface area contributed by atoms with Crippen molar-refractivity contribution in [1.82, 2.24) is 15.3 Å². The maximum absolute atomic E-state index is 4.56. The highest BCUT2D eigenvalue weighted by Gasteiger charge is 2.07. The van der Waals surface area contributed by atoms with Gasteiger partial charge < -0.3 is 5.32 Å². The van der Waals surface area contributed by atoms with Crippen LogP contribution in [0.4, 0.5) is 0 Å². The number of nitrogens with one attached hydrogen (secondary N) is 1. The minimum absolute atomic E-state index is 0.347. The summed E-state index contributed by atoms with van der Waals surface area (Å²) in [5.74, 6) is 0. The quantitative estimate of drug-likeness (QED) is 0.863. The Hall–Kier alpha value is -1.39. The summed E-state index contributed by atoms with van der Waals surface area (Å²) in [6.45, 7) is 9.52. The second-order valence-electron chi connectivity index (χ2n) is 5.33. The van der Waals surface area contributed by atoms with Crippen LogP contribution in [0.5, 0.6) is 0 Å². The van der Waals surface area contributed by atoms with Gasteiger partial charge in [0.2, 0.25) is 0 Å². The van der Waals surface area contributed by atoms with Crippen molar-refractivity contribution in [2.24, 2.45) is 0 Å². The molecule has 1 N–H and O–H groups in total. The molecular weight excluding hydrogens is 278 g/mol. The Morgan fingerprint density at radius 2 is 2.00 bits per heavy atom. The SMILES string of the molecule is CCCNC(C)c1ccnc(Sc2cc(C)cc(C)n2)c1. The van der Waals surface area contributed by atoms with Crippen molar-refractivity contribution in [3.63, 3.8) is 0 Å². The van der Waals surface area contributed by atoms with Gasteiger partial charge in [0, 0.05) is 17.9 Å². The highest BCUT2D eigenvalue weighted by atomic mass is 32.2. The van der Waals surface area contributed by atoms with Crippen molar-refractivity contribution in [3.8, 4) is 0 Å². The van der Waals surface area contributed by atoms with Crippen LogP contribution < -0.4 is 5.32 Å². The van der Waals surface area contributed by atoms with E-state index >= 15 is 0 Å². The molecule has 21 heavy (non-hydrogen) atoms. The van der Waals surface area contributed by atoms with Crippen LogP contribution in [0.15, 0.2) is 40.5 Å². The van der Waals surface area contributed by atoms with Crippen molar-refractivity contribution in [2.45, 2.75) is 50.2 Å². The third-order valence-electron chi connectivity index (χ3n) is 3.24. The Morgan fingerprint density at radius 1 is 1.19 bits per heavy atom. The average molecular weight is 301 g/mol. The molecule has 0 aliphatic carbocycles. The molecule has 0 saturated heterocycles. The normalized spacial score (nSPS) is 12.4. The third kappa shape index (κ3) is 4.83. The number of rotatable bonds is 6. The number of hydrogen-bond donors (Lipinski definition) is 1. The third-order valence-corrected chi connectivity index (χ3v) is 4.09. The Morgan fingerprint density at radius 3 is 2.71 bits per heavy atom. The molecule has 0 spiro atoms. The van der Waals surface area contributed by atoms with Crippen molar-refractivity contribution in [2.75, 3.05) is 6.54 Å². The predicted octanol–water partition coefficient (Wildman–Crippen LogP) is 4.31. The number of hydrogen-bond acceptors (Lipinski definition) is 4. The van der Waals surface area contributed by atoms with Gasteiger partial charge in [0.15, 0.2) is 0 Å². The van der Waals surface area contributed by atoms with E-state index in [-0.39, 0.29) is 0 Å². The van der Waals surface area contributed by atoms with Crippen molar-refractivity contribution >= 4 is 11.8 Å². The molecule has 2 aromatic heterocycles. The summed E-state index contributed by atoms with van der Waals surface area (Å²) < 4.78 is 0. The first kappa shape index (κ1) is 16.0. The van der Waals surface area contributed by atoms with Crippen molar-refractivity contribution in [3.05, 3.63) is 47.3 Å². The molecule has 112 valence electrons. The molecule has 1 unspecified atom stereocenters. The van der Waals surface area contributed by atoms with Gasteiger partial charge in [-0.15, -0.1) is 0 Å². The van der Waals surface area contributed by atoms with E-state index in [0.29, 0.717) is 6.04 Å². The van der Waals surface area contributed by atoms with Gasteiger partial charge >= 0.3 is 0 Å². The van der Waals surface area contributed by atoms with E-state index in [1.54, 1.807) is 11.8 Å². The zero-order chi connectivity index (χ0) is 15.2. The van der Waals surface area contributed by atoms with Gasteiger partial charge in [-0.1, -0.05) is 18.7 Å². The highest BCUT2D eigenvalue weighted by Crippen LogP contribution is 2.27. The number of nitrogens with zero attached hydrogens (tertiary/aromatic N) is 2. The maximum atomic E-state index is 4.56. The lowest BCUT2D eigenvalue weighted by Crippen LogP contribution is -2.19. The lowest BCUT2D eigenvalue weighted by molar-refractivity contribution is 0.569. The summed E-state index contributed by atoms with van der Waals surface area (Å²) in [4.78, 5) is 9.01. The van der Waals surface area contributed by atoms with Gasteiger partial charge in [-0.25, -0.2) is 9.97 Å². The molecule has 2 rings (SSSR count). The van der Waals surface area contributed by atoms with E-state index in [1.807, 2.05) is 13.1 Å². The Kier molecular flexibility index (Phi) is 5.76. The molecule has 0 fully saturated rings. The van der Waals surface area contributed by atoms with Crippen LogP contribution in [0.2, 0.25) is 0 Å². The van der Waals surface area contributed by atoms with Crippen LogP contribution in [-0.2, 0) is 0 Å². The van der Waals surface area contributed by atoms with Gasteiger partial charge in [-0.2, -0.15) is 0 Å². The molecule has 3 nitrogen and oxygen atoms in total. The molecule has 0 aliphatic heterocycles. The first-order valence-electron chi connectivity index (χ1n) is 7.41. The minimum Gasteiger partial charge on any atom is -0.310 e. The summed E-state index contributed by atoms with van der Waals surface area (Å²) >= 11 is 1.62.